The maximum atomic E-state index is 12.3. The molecule has 162 valence electrons. The van der Waals surface area contributed by atoms with E-state index in [0.29, 0.717) is 16.7 Å². The van der Waals surface area contributed by atoms with Gasteiger partial charge >= 0.3 is 12.3 Å². The summed E-state index contributed by atoms with van der Waals surface area (Å²) in [6.45, 7) is 0.155. The highest BCUT2D eigenvalue weighted by Crippen LogP contribution is 2.33. The molecule has 0 radical (unpaired) electrons. The van der Waals surface area contributed by atoms with Gasteiger partial charge in [0.15, 0.2) is 0 Å². The van der Waals surface area contributed by atoms with Crippen LogP contribution in [0.3, 0.4) is 0 Å². The summed E-state index contributed by atoms with van der Waals surface area (Å²) in [5.41, 5.74) is 1.44. The fourth-order valence-corrected chi connectivity index (χ4v) is 2.82. The third-order valence-electron chi connectivity index (χ3n) is 4.03. The van der Waals surface area contributed by atoms with E-state index in [1.165, 1.54) is 49.8 Å². The van der Waals surface area contributed by atoms with Crippen LogP contribution in [-0.2, 0) is 11.3 Å². The van der Waals surface area contributed by atoms with Gasteiger partial charge in [0.2, 0.25) is 5.95 Å². The largest absolute Gasteiger partial charge is 0.573 e. The number of methoxy groups -OCH3 is 1. The highest BCUT2D eigenvalue weighted by Gasteiger charge is 2.31. The Labute approximate surface area is 179 Å². The molecule has 0 unspecified atom stereocenters. The van der Waals surface area contributed by atoms with E-state index >= 15 is 0 Å². The molecule has 1 heterocycles. The highest BCUT2D eigenvalue weighted by atomic mass is 35.5. The zero-order valence-electron chi connectivity index (χ0n) is 15.9. The van der Waals surface area contributed by atoms with Crippen molar-refractivity contribution in [3.63, 3.8) is 0 Å². The third-order valence-corrected chi connectivity index (χ3v) is 4.42. The lowest BCUT2D eigenvalue weighted by molar-refractivity contribution is -0.274. The van der Waals surface area contributed by atoms with Crippen molar-refractivity contribution in [2.75, 3.05) is 12.4 Å². The number of nitrogens with one attached hydrogen (secondary N) is 1. The van der Waals surface area contributed by atoms with Gasteiger partial charge in [0.05, 0.1) is 17.7 Å². The van der Waals surface area contributed by atoms with Gasteiger partial charge in [0.25, 0.3) is 0 Å². The standard InChI is InChI=1S/C20H15ClF3N3O4/c1-30-18(29)15-6-12(7-16(28)17(15)21)13-9-26-19(27-10-13)25-8-11-3-2-4-14(5-11)31-20(22,23)24/h2-7,9-10,28H,8H2,1H3,(H,25,26,27). The molecule has 0 aliphatic heterocycles. The molecule has 0 aliphatic carbocycles. The summed E-state index contributed by atoms with van der Waals surface area (Å²) >= 11 is 5.93. The van der Waals surface area contributed by atoms with Gasteiger partial charge in [-0.3, -0.25) is 0 Å². The molecule has 31 heavy (non-hydrogen) atoms. The summed E-state index contributed by atoms with van der Waals surface area (Å²) in [5.74, 6) is -1.12. The minimum Gasteiger partial charge on any atom is -0.506 e. The molecule has 0 fully saturated rings. The number of phenolic OH excluding ortho intramolecular Hbond substituents is 1. The number of anilines is 1. The Kier molecular flexibility index (Phi) is 6.50. The number of benzene rings is 2. The molecule has 7 nitrogen and oxygen atoms in total. The quantitative estimate of drug-likeness (QED) is 0.518. The Morgan fingerprint density at radius 2 is 1.87 bits per heavy atom. The normalized spacial score (nSPS) is 11.1. The van der Waals surface area contributed by atoms with E-state index in [2.05, 4.69) is 24.8 Å². The van der Waals surface area contributed by atoms with Crippen LogP contribution in [0.5, 0.6) is 11.5 Å². The predicted octanol–water partition coefficient (Wildman–Crippen LogP) is 4.80. The lowest BCUT2D eigenvalue weighted by Gasteiger charge is -2.11. The van der Waals surface area contributed by atoms with Gasteiger partial charge in [-0.2, -0.15) is 0 Å². The van der Waals surface area contributed by atoms with Gasteiger partial charge in [-0.25, -0.2) is 14.8 Å². The first-order chi connectivity index (χ1) is 14.7. The van der Waals surface area contributed by atoms with Crippen molar-refractivity contribution in [2.45, 2.75) is 12.9 Å². The number of aromatic nitrogens is 2. The zero-order valence-corrected chi connectivity index (χ0v) is 16.7. The van der Waals surface area contributed by atoms with E-state index in [1.807, 2.05) is 0 Å². The number of carbonyl (C=O) groups is 1. The van der Waals surface area contributed by atoms with Crippen molar-refractivity contribution in [3.8, 4) is 22.6 Å². The van der Waals surface area contributed by atoms with E-state index in [9.17, 15) is 23.1 Å². The average Bonchev–Trinajstić information content (AvgIpc) is 2.73. The van der Waals surface area contributed by atoms with E-state index in [4.69, 9.17) is 11.6 Å². The third kappa shape index (κ3) is 5.76. The number of nitrogens with zero attached hydrogens (tertiary/aromatic N) is 2. The van der Waals surface area contributed by atoms with E-state index in [0.717, 1.165) is 0 Å². The van der Waals surface area contributed by atoms with Crippen LogP contribution in [-0.4, -0.2) is 34.5 Å². The number of aromatic hydroxyl groups is 1. The smallest absolute Gasteiger partial charge is 0.506 e. The monoisotopic (exact) mass is 453 g/mol. The summed E-state index contributed by atoms with van der Waals surface area (Å²) < 4.78 is 45.5. The number of rotatable bonds is 6. The molecule has 11 heteroatoms. The molecule has 0 saturated heterocycles. The fourth-order valence-electron chi connectivity index (χ4n) is 2.64. The lowest BCUT2D eigenvalue weighted by atomic mass is 10.1. The van der Waals surface area contributed by atoms with Crippen molar-refractivity contribution >= 4 is 23.5 Å². The van der Waals surface area contributed by atoms with Gasteiger partial charge in [-0.1, -0.05) is 23.7 Å². The maximum Gasteiger partial charge on any atom is 0.573 e. The molecule has 0 spiro atoms. The van der Waals surface area contributed by atoms with Gasteiger partial charge in [0, 0.05) is 24.5 Å². The minimum atomic E-state index is -4.77. The van der Waals surface area contributed by atoms with Crippen LogP contribution < -0.4 is 10.1 Å². The first-order valence-corrected chi connectivity index (χ1v) is 9.06. The topological polar surface area (TPSA) is 93.6 Å². The molecule has 0 amide bonds. The molecule has 2 N–H and O–H groups in total. The van der Waals surface area contributed by atoms with Gasteiger partial charge in [0.1, 0.15) is 11.5 Å². The van der Waals surface area contributed by atoms with Crippen LogP contribution in [0, 0.1) is 0 Å². The van der Waals surface area contributed by atoms with Crippen LogP contribution in [0.2, 0.25) is 5.02 Å². The Morgan fingerprint density at radius 3 is 2.52 bits per heavy atom. The number of hydrogen-bond donors (Lipinski definition) is 2. The van der Waals surface area contributed by atoms with E-state index in [-0.39, 0.29) is 34.6 Å². The number of halogens is 4. The minimum absolute atomic E-state index is 0.0117. The predicted molar refractivity (Wildman–Crippen MR) is 106 cm³/mol. The Bertz CT molecular complexity index is 1090. The summed E-state index contributed by atoms with van der Waals surface area (Å²) in [6, 6.07) is 8.30. The van der Waals surface area contributed by atoms with Crippen molar-refractivity contribution in [2.24, 2.45) is 0 Å². The van der Waals surface area contributed by atoms with E-state index in [1.54, 1.807) is 6.07 Å². The summed E-state index contributed by atoms with van der Waals surface area (Å²) in [4.78, 5) is 20.1. The van der Waals surface area contributed by atoms with Crippen LogP contribution >= 0.6 is 11.6 Å². The second-order valence-corrected chi connectivity index (χ2v) is 6.57. The summed E-state index contributed by atoms with van der Waals surface area (Å²) in [6.07, 6.45) is -1.88. The molecule has 1 aromatic heterocycles. The first kappa shape index (κ1) is 22.2. The van der Waals surface area contributed by atoms with E-state index < -0.39 is 12.3 Å². The zero-order chi connectivity index (χ0) is 22.6. The average molecular weight is 454 g/mol. The van der Waals surface area contributed by atoms with Crippen molar-refractivity contribution in [1.29, 1.82) is 0 Å². The number of phenols is 1. The second-order valence-electron chi connectivity index (χ2n) is 6.19. The van der Waals surface area contributed by atoms with Crippen molar-refractivity contribution < 1.29 is 32.5 Å². The first-order valence-electron chi connectivity index (χ1n) is 8.68. The second kappa shape index (κ2) is 9.09. The van der Waals surface area contributed by atoms with Gasteiger partial charge < -0.3 is 19.9 Å². The summed E-state index contributed by atoms with van der Waals surface area (Å²) in [7, 11) is 1.19. The molecule has 0 aliphatic rings. The molecular formula is C20H15ClF3N3O4. The van der Waals surface area contributed by atoms with Crippen molar-refractivity contribution in [1.82, 2.24) is 9.97 Å². The van der Waals surface area contributed by atoms with Crippen LogP contribution in [0.25, 0.3) is 11.1 Å². The Hall–Kier alpha value is -3.53. The highest BCUT2D eigenvalue weighted by molar-refractivity contribution is 6.35. The van der Waals surface area contributed by atoms with Crippen LogP contribution in [0.4, 0.5) is 19.1 Å². The number of alkyl halides is 3. The summed E-state index contributed by atoms with van der Waals surface area (Å²) in [5, 5.41) is 12.7. The SMILES string of the molecule is COC(=O)c1cc(-c2cnc(NCc3cccc(OC(F)(F)F)c3)nc2)cc(O)c1Cl. The molecule has 2 aromatic carbocycles. The number of carbonyl (C=O) groups excluding carboxylic acids is 1. The number of esters is 1. The van der Waals surface area contributed by atoms with Gasteiger partial charge in [-0.15, -0.1) is 13.2 Å². The number of hydrogen-bond acceptors (Lipinski definition) is 7. The molecule has 0 atom stereocenters. The Balaban J connectivity index is 1.72. The molecule has 3 rings (SSSR count). The molecule has 3 aromatic rings. The lowest BCUT2D eigenvalue weighted by Crippen LogP contribution is -2.17. The van der Waals surface area contributed by atoms with Crippen LogP contribution in [0.1, 0.15) is 15.9 Å². The molecular weight excluding hydrogens is 439 g/mol. The van der Waals surface area contributed by atoms with Gasteiger partial charge in [-0.05, 0) is 35.4 Å². The fraction of sp³-hybridized carbons (Fsp3) is 0.150. The van der Waals surface area contributed by atoms with Crippen LogP contribution in [0.15, 0.2) is 48.8 Å². The molecule has 0 bridgehead atoms. The molecule has 0 saturated carbocycles. The van der Waals surface area contributed by atoms with Crippen molar-refractivity contribution in [3.05, 3.63) is 64.9 Å². The number of ether oxygens (including phenoxy) is 2. The Morgan fingerprint density at radius 1 is 1.16 bits per heavy atom. The maximum absolute atomic E-state index is 12.3.